The molecule has 0 atom stereocenters. The Balaban J connectivity index is 2.02. The van der Waals surface area contributed by atoms with Gasteiger partial charge in [-0.1, -0.05) is 32.9 Å². The number of amides is 3. The summed E-state index contributed by atoms with van der Waals surface area (Å²) in [6, 6.07) is 7.71. The number of nitrogens with zero attached hydrogens (tertiary/aromatic N) is 2. The smallest absolute Gasteiger partial charge is 0.239 e. The van der Waals surface area contributed by atoms with Crippen molar-refractivity contribution in [3.8, 4) is 0 Å². The first-order valence-corrected chi connectivity index (χ1v) is 9.40. The Morgan fingerprint density at radius 1 is 0.852 bits per heavy atom. The third-order valence-corrected chi connectivity index (χ3v) is 5.12. The quantitative estimate of drug-likeness (QED) is 0.828. The first-order chi connectivity index (χ1) is 12.4. The summed E-state index contributed by atoms with van der Waals surface area (Å²) < 4.78 is 0. The molecule has 1 fully saturated rings. The predicted molar refractivity (Wildman–Crippen MR) is 106 cm³/mol. The first-order valence-electron chi connectivity index (χ1n) is 9.40. The predicted octanol–water partition coefficient (Wildman–Crippen LogP) is 2.64. The van der Waals surface area contributed by atoms with Crippen LogP contribution in [0.25, 0.3) is 0 Å². The molecular weight excluding hydrogens is 342 g/mol. The van der Waals surface area contributed by atoms with Gasteiger partial charge in [0.25, 0.3) is 0 Å². The summed E-state index contributed by atoms with van der Waals surface area (Å²) in [5, 5.41) is 2.86. The van der Waals surface area contributed by atoms with Crippen molar-refractivity contribution in [3.05, 3.63) is 29.8 Å². The van der Waals surface area contributed by atoms with E-state index in [1.54, 1.807) is 23.6 Å². The molecule has 1 aliphatic rings. The van der Waals surface area contributed by atoms with Gasteiger partial charge < -0.3 is 15.1 Å². The fraction of sp³-hybridized carbons (Fsp3) is 0.571. The second-order valence-electron chi connectivity index (χ2n) is 8.70. The van der Waals surface area contributed by atoms with Gasteiger partial charge in [0.05, 0.1) is 0 Å². The molecule has 148 valence electrons. The molecule has 3 amide bonds. The Hall–Kier alpha value is -2.37. The monoisotopic (exact) mass is 373 g/mol. The van der Waals surface area contributed by atoms with E-state index < -0.39 is 5.41 Å². The third-order valence-electron chi connectivity index (χ3n) is 5.12. The van der Waals surface area contributed by atoms with Crippen LogP contribution in [0.4, 0.5) is 5.69 Å². The Kier molecular flexibility index (Phi) is 5.97. The molecule has 1 aromatic rings. The summed E-state index contributed by atoms with van der Waals surface area (Å²) in [5.41, 5.74) is 0.718. The van der Waals surface area contributed by atoms with Gasteiger partial charge in [0, 0.05) is 38.8 Å². The van der Waals surface area contributed by atoms with E-state index in [2.05, 4.69) is 26.1 Å². The molecule has 0 aliphatic carbocycles. The van der Waals surface area contributed by atoms with Crippen molar-refractivity contribution in [2.45, 2.75) is 47.0 Å². The molecule has 1 heterocycles. The molecule has 0 unspecified atom stereocenters. The van der Waals surface area contributed by atoms with Gasteiger partial charge in [-0.15, -0.1) is 0 Å². The molecule has 0 bridgehead atoms. The molecule has 0 aromatic heterocycles. The van der Waals surface area contributed by atoms with Crippen molar-refractivity contribution >= 4 is 23.4 Å². The molecular formula is C21H31N3O3. The molecule has 0 saturated carbocycles. The van der Waals surface area contributed by atoms with E-state index in [0.717, 1.165) is 0 Å². The lowest BCUT2D eigenvalue weighted by molar-refractivity contribution is -0.149. The maximum atomic E-state index is 12.9. The second kappa shape index (κ2) is 7.71. The van der Waals surface area contributed by atoms with Crippen LogP contribution in [-0.2, 0) is 19.8 Å². The molecule has 2 rings (SSSR count). The number of hydrogen-bond acceptors (Lipinski definition) is 3. The molecule has 27 heavy (non-hydrogen) atoms. The molecule has 0 radical (unpaired) electrons. The van der Waals surface area contributed by atoms with Gasteiger partial charge in [-0.05, 0) is 37.0 Å². The minimum absolute atomic E-state index is 0.0119. The topological polar surface area (TPSA) is 69.7 Å². The fourth-order valence-electron chi connectivity index (χ4n) is 3.06. The number of rotatable bonds is 3. The highest BCUT2D eigenvalue weighted by Crippen LogP contribution is 2.26. The van der Waals surface area contributed by atoms with Crippen LogP contribution in [-0.4, -0.2) is 53.7 Å². The van der Waals surface area contributed by atoms with Crippen molar-refractivity contribution in [1.82, 2.24) is 9.80 Å². The number of hydrogen-bond donors (Lipinski definition) is 1. The highest BCUT2D eigenvalue weighted by atomic mass is 16.2. The van der Waals surface area contributed by atoms with Crippen LogP contribution in [0.1, 0.15) is 47.1 Å². The molecule has 1 N–H and O–H groups in total. The highest BCUT2D eigenvalue weighted by Gasteiger charge is 2.40. The van der Waals surface area contributed by atoms with Gasteiger partial charge in [-0.25, -0.2) is 0 Å². The van der Waals surface area contributed by atoms with Crippen LogP contribution in [0.3, 0.4) is 0 Å². The number of carbonyl (C=O) groups is 3. The average Bonchev–Trinajstić information content (AvgIpc) is 2.60. The minimum Gasteiger partial charge on any atom is -0.339 e. The zero-order valence-corrected chi connectivity index (χ0v) is 17.3. The molecule has 6 heteroatoms. The number of piperazine rings is 1. The largest absolute Gasteiger partial charge is 0.339 e. The van der Waals surface area contributed by atoms with E-state index in [-0.39, 0.29) is 23.1 Å². The Morgan fingerprint density at radius 2 is 1.33 bits per heavy atom. The lowest BCUT2D eigenvalue weighted by Gasteiger charge is -2.37. The van der Waals surface area contributed by atoms with Gasteiger partial charge >= 0.3 is 0 Å². The maximum Gasteiger partial charge on any atom is 0.239 e. The van der Waals surface area contributed by atoms with Crippen LogP contribution in [0.5, 0.6) is 0 Å². The zero-order valence-electron chi connectivity index (χ0n) is 17.3. The van der Waals surface area contributed by atoms with E-state index in [1.165, 1.54) is 12.5 Å². The van der Waals surface area contributed by atoms with E-state index in [0.29, 0.717) is 31.9 Å². The van der Waals surface area contributed by atoms with Crippen molar-refractivity contribution < 1.29 is 14.4 Å². The third kappa shape index (κ3) is 4.87. The molecule has 0 spiro atoms. The summed E-state index contributed by atoms with van der Waals surface area (Å²) in [6.07, 6.45) is 0. The number of carbonyl (C=O) groups excluding carboxylic acids is 3. The van der Waals surface area contributed by atoms with Crippen LogP contribution < -0.4 is 5.32 Å². The van der Waals surface area contributed by atoms with Gasteiger partial charge in [0.2, 0.25) is 17.7 Å². The lowest BCUT2D eigenvalue weighted by atomic mass is 9.87. The lowest BCUT2D eigenvalue weighted by Crippen LogP contribution is -2.55. The van der Waals surface area contributed by atoms with Crippen molar-refractivity contribution in [3.63, 3.8) is 0 Å². The van der Waals surface area contributed by atoms with Crippen LogP contribution in [0.2, 0.25) is 0 Å². The molecule has 1 saturated heterocycles. The van der Waals surface area contributed by atoms with Gasteiger partial charge in [0.1, 0.15) is 5.41 Å². The Bertz CT molecular complexity index is 709. The summed E-state index contributed by atoms with van der Waals surface area (Å²) in [4.78, 5) is 40.4. The van der Waals surface area contributed by atoms with Crippen LogP contribution >= 0.6 is 0 Å². The SMILES string of the molecule is CC(=O)N1CCN(C(=O)C(C)(C)C(=O)Nc2ccc(C(C)(C)C)cc2)CC1. The molecule has 6 nitrogen and oxygen atoms in total. The Labute approximate surface area is 161 Å². The van der Waals surface area contributed by atoms with Crippen molar-refractivity contribution in [2.75, 3.05) is 31.5 Å². The fourth-order valence-corrected chi connectivity index (χ4v) is 3.06. The van der Waals surface area contributed by atoms with E-state index in [1.807, 2.05) is 24.3 Å². The maximum absolute atomic E-state index is 12.9. The highest BCUT2D eigenvalue weighted by molar-refractivity contribution is 6.09. The zero-order chi connectivity index (χ0) is 20.4. The summed E-state index contributed by atoms with van der Waals surface area (Å²) in [6.45, 7) is 13.1. The number of benzene rings is 1. The van der Waals surface area contributed by atoms with E-state index in [9.17, 15) is 14.4 Å². The van der Waals surface area contributed by atoms with Crippen molar-refractivity contribution in [2.24, 2.45) is 5.41 Å². The first kappa shape index (κ1) is 20.9. The van der Waals surface area contributed by atoms with Crippen LogP contribution in [0.15, 0.2) is 24.3 Å². The van der Waals surface area contributed by atoms with E-state index >= 15 is 0 Å². The summed E-state index contributed by atoms with van der Waals surface area (Å²) in [7, 11) is 0. The van der Waals surface area contributed by atoms with Gasteiger partial charge in [-0.3, -0.25) is 14.4 Å². The average molecular weight is 373 g/mol. The minimum atomic E-state index is -1.18. The normalized spacial score (nSPS) is 15.5. The Morgan fingerprint density at radius 3 is 1.78 bits per heavy atom. The van der Waals surface area contributed by atoms with Crippen LogP contribution in [0, 0.1) is 5.41 Å². The van der Waals surface area contributed by atoms with Crippen molar-refractivity contribution in [1.29, 1.82) is 0 Å². The summed E-state index contributed by atoms with van der Waals surface area (Å²) in [5.74, 6) is -0.530. The molecule has 1 aromatic carbocycles. The van der Waals surface area contributed by atoms with E-state index in [4.69, 9.17) is 0 Å². The van der Waals surface area contributed by atoms with Gasteiger partial charge in [0.15, 0.2) is 0 Å². The molecule has 1 aliphatic heterocycles. The second-order valence-corrected chi connectivity index (χ2v) is 8.70. The number of nitrogens with one attached hydrogen (secondary N) is 1. The summed E-state index contributed by atoms with van der Waals surface area (Å²) >= 11 is 0. The number of anilines is 1. The standard InChI is InChI=1S/C21H31N3O3/c1-15(25)23-11-13-24(14-12-23)19(27)21(5,6)18(26)22-17-9-7-16(8-10-17)20(2,3)4/h7-10H,11-14H2,1-6H3,(H,22,26). The van der Waals surface area contributed by atoms with Gasteiger partial charge in [-0.2, -0.15) is 0 Å².